The zero-order valence-electron chi connectivity index (χ0n) is 17.1. The maximum atomic E-state index is 12.4. The minimum Gasteiger partial charge on any atom is -0.465 e. The van der Waals surface area contributed by atoms with Crippen molar-refractivity contribution in [2.24, 2.45) is 0 Å². The van der Waals surface area contributed by atoms with E-state index in [9.17, 15) is 4.79 Å². The Morgan fingerprint density at radius 1 is 1.10 bits per heavy atom. The van der Waals surface area contributed by atoms with Gasteiger partial charge in [0.1, 0.15) is 5.76 Å². The highest BCUT2D eigenvalue weighted by atomic mass is 16.3. The van der Waals surface area contributed by atoms with Crippen LogP contribution >= 0.6 is 0 Å². The molecule has 0 aliphatic rings. The molecule has 0 aliphatic heterocycles. The number of aromatic amines is 1. The first-order valence-corrected chi connectivity index (χ1v) is 9.94. The lowest BCUT2D eigenvalue weighted by Gasteiger charge is -2.19. The molecule has 0 spiro atoms. The van der Waals surface area contributed by atoms with Gasteiger partial charge in [0.05, 0.1) is 6.26 Å². The molecule has 2 aromatic carbocycles. The van der Waals surface area contributed by atoms with Gasteiger partial charge in [-0.1, -0.05) is 30.3 Å². The first-order valence-electron chi connectivity index (χ1n) is 9.94. The van der Waals surface area contributed by atoms with E-state index in [0.29, 0.717) is 12.3 Å². The molecule has 2 heterocycles. The van der Waals surface area contributed by atoms with Gasteiger partial charge in [0.25, 0.3) is 0 Å². The van der Waals surface area contributed by atoms with Crippen LogP contribution < -0.4 is 10.2 Å². The van der Waals surface area contributed by atoms with E-state index >= 15 is 0 Å². The number of rotatable bonds is 7. The van der Waals surface area contributed by atoms with E-state index in [0.717, 1.165) is 16.8 Å². The fourth-order valence-corrected chi connectivity index (χ4v) is 3.60. The summed E-state index contributed by atoms with van der Waals surface area (Å²) in [6.07, 6.45) is 6.80. The van der Waals surface area contributed by atoms with Crippen LogP contribution in [0.15, 0.2) is 83.6 Å². The van der Waals surface area contributed by atoms with E-state index in [4.69, 9.17) is 4.42 Å². The predicted octanol–water partition coefficient (Wildman–Crippen LogP) is 4.79. The number of nitrogens with one attached hydrogen (secondary N) is 2. The molecule has 5 nitrogen and oxygen atoms in total. The van der Waals surface area contributed by atoms with Gasteiger partial charge in [0, 0.05) is 55.4 Å². The van der Waals surface area contributed by atoms with E-state index in [1.807, 2.05) is 38.5 Å². The molecular weight excluding hydrogens is 374 g/mol. The number of aromatic nitrogens is 1. The van der Waals surface area contributed by atoms with E-state index in [1.54, 1.807) is 18.4 Å². The molecule has 0 fully saturated rings. The third-order valence-corrected chi connectivity index (χ3v) is 5.23. The summed E-state index contributed by atoms with van der Waals surface area (Å²) in [5.74, 6) is 0.525. The number of anilines is 1. The highest BCUT2D eigenvalue weighted by molar-refractivity contribution is 5.91. The van der Waals surface area contributed by atoms with Crippen molar-refractivity contribution in [1.82, 2.24) is 10.3 Å². The minimum atomic E-state index is -0.152. The van der Waals surface area contributed by atoms with E-state index < -0.39 is 0 Å². The van der Waals surface area contributed by atoms with E-state index in [1.165, 1.54) is 17.0 Å². The van der Waals surface area contributed by atoms with Crippen molar-refractivity contribution in [2.45, 2.75) is 5.92 Å². The summed E-state index contributed by atoms with van der Waals surface area (Å²) < 4.78 is 5.24. The lowest BCUT2D eigenvalue weighted by molar-refractivity contribution is -0.116. The maximum Gasteiger partial charge on any atom is 0.244 e. The van der Waals surface area contributed by atoms with E-state index in [2.05, 4.69) is 51.6 Å². The van der Waals surface area contributed by atoms with Crippen LogP contribution in [-0.2, 0) is 4.79 Å². The quantitative estimate of drug-likeness (QED) is 0.439. The largest absolute Gasteiger partial charge is 0.465 e. The number of carbonyl (C=O) groups is 1. The second-order valence-corrected chi connectivity index (χ2v) is 7.42. The van der Waals surface area contributed by atoms with Crippen molar-refractivity contribution in [1.29, 1.82) is 0 Å². The zero-order chi connectivity index (χ0) is 20.9. The van der Waals surface area contributed by atoms with Crippen LogP contribution in [0, 0.1) is 0 Å². The van der Waals surface area contributed by atoms with Gasteiger partial charge >= 0.3 is 0 Å². The highest BCUT2D eigenvalue weighted by Gasteiger charge is 2.19. The molecule has 4 aromatic rings. The van der Waals surface area contributed by atoms with Gasteiger partial charge in [-0.15, -0.1) is 0 Å². The molecule has 152 valence electrons. The van der Waals surface area contributed by atoms with Gasteiger partial charge in [0.2, 0.25) is 5.91 Å². The van der Waals surface area contributed by atoms with Crippen molar-refractivity contribution in [3.05, 3.63) is 96.1 Å². The number of benzene rings is 2. The van der Waals surface area contributed by atoms with Crippen LogP contribution in [0.3, 0.4) is 0 Å². The normalized spacial score (nSPS) is 12.3. The second-order valence-electron chi connectivity index (χ2n) is 7.42. The first kappa shape index (κ1) is 19.6. The number of fused-ring (bicyclic) bond motifs is 1. The topological polar surface area (TPSA) is 61.3 Å². The molecule has 4 rings (SSSR count). The van der Waals surface area contributed by atoms with Gasteiger partial charge < -0.3 is 19.6 Å². The Kier molecular flexibility index (Phi) is 5.70. The standard InChI is InChI=1S/C25H25N3O2/c1-28(2)19-11-9-18(10-12-19)22(23-17-26-24-8-4-3-7-21(23)24)16-27-25(29)14-13-20-6-5-15-30-20/h3-15,17,22,26H,16H2,1-2H3,(H,27,29)/t22-/m1/s1. The molecular formula is C25H25N3O2. The molecule has 2 aromatic heterocycles. The second kappa shape index (κ2) is 8.74. The van der Waals surface area contributed by atoms with Gasteiger partial charge in [-0.05, 0) is 47.5 Å². The lowest BCUT2D eigenvalue weighted by atomic mass is 9.90. The summed E-state index contributed by atoms with van der Waals surface area (Å²) >= 11 is 0. The van der Waals surface area contributed by atoms with Crippen molar-refractivity contribution >= 4 is 28.6 Å². The molecule has 0 saturated carbocycles. The summed E-state index contributed by atoms with van der Waals surface area (Å²) in [6.45, 7) is 0.491. The summed E-state index contributed by atoms with van der Waals surface area (Å²) in [7, 11) is 4.05. The van der Waals surface area contributed by atoms with Gasteiger partial charge in [-0.25, -0.2) is 0 Å². The summed E-state index contributed by atoms with van der Waals surface area (Å²) in [5, 5.41) is 4.21. The Morgan fingerprint density at radius 3 is 2.63 bits per heavy atom. The van der Waals surface area contributed by atoms with Crippen LogP contribution in [0.1, 0.15) is 22.8 Å². The zero-order valence-corrected chi connectivity index (χ0v) is 17.1. The Labute approximate surface area is 176 Å². The SMILES string of the molecule is CN(C)c1ccc([C@@H](CNC(=O)C=Cc2ccco2)c2c[nH]c3ccccc23)cc1. The Hall–Kier alpha value is -3.73. The molecule has 0 aliphatic carbocycles. The summed E-state index contributed by atoms with van der Waals surface area (Å²) in [4.78, 5) is 17.8. The number of amides is 1. The lowest BCUT2D eigenvalue weighted by Crippen LogP contribution is -2.27. The van der Waals surface area contributed by atoms with E-state index in [-0.39, 0.29) is 11.8 Å². The fourth-order valence-electron chi connectivity index (χ4n) is 3.60. The fraction of sp³-hybridized carbons (Fsp3) is 0.160. The van der Waals surface area contributed by atoms with Crippen LogP contribution in [-0.4, -0.2) is 31.5 Å². The van der Waals surface area contributed by atoms with Crippen LogP contribution in [0.2, 0.25) is 0 Å². The molecule has 0 unspecified atom stereocenters. The smallest absolute Gasteiger partial charge is 0.244 e. The van der Waals surface area contributed by atoms with Gasteiger partial charge in [-0.3, -0.25) is 4.79 Å². The number of furan rings is 1. The average molecular weight is 399 g/mol. The monoisotopic (exact) mass is 399 g/mol. The summed E-state index contributed by atoms with van der Waals surface area (Å²) in [5.41, 5.74) is 4.55. The predicted molar refractivity (Wildman–Crippen MR) is 122 cm³/mol. The Morgan fingerprint density at radius 2 is 1.90 bits per heavy atom. The molecule has 2 N–H and O–H groups in total. The van der Waals surface area contributed by atoms with Crippen molar-refractivity contribution in [2.75, 3.05) is 25.5 Å². The Balaban J connectivity index is 1.59. The maximum absolute atomic E-state index is 12.4. The number of hydrogen-bond acceptors (Lipinski definition) is 3. The summed E-state index contributed by atoms with van der Waals surface area (Å²) in [6, 6.07) is 20.3. The van der Waals surface area contributed by atoms with Crippen LogP contribution in [0.25, 0.3) is 17.0 Å². The average Bonchev–Trinajstić information content (AvgIpc) is 3.43. The van der Waals surface area contributed by atoms with Gasteiger partial charge in [-0.2, -0.15) is 0 Å². The van der Waals surface area contributed by atoms with Gasteiger partial charge in [0.15, 0.2) is 0 Å². The molecule has 1 amide bonds. The molecule has 30 heavy (non-hydrogen) atoms. The number of H-pyrrole nitrogens is 1. The number of nitrogens with zero attached hydrogens (tertiary/aromatic N) is 1. The van der Waals surface area contributed by atoms with Crippen LogP contribution in [0.5, 0.6) is 0 Å². The number of para-hydroxylation sites is 1. The number of carbonyl (C=O) groups excluding carboxylic acids is 1. The Bertz CT molecular complexity index is 1140. The molecule has 1 atom stereocenters. The van der Waals surface area contributed by atoms with Crippen molar-refractivity contribution < 1.29 is 9.21 Å². The minimum absolute atomic E-state index is 0.0262. The molecule has 0 bridgehead atoms. The number of hydrogen-bond donors (Lipinski definition) is 2. The van der Waals surface area contributed by atoms with Crippen molar-refractivity contribution in [3.63, 3.8) is 0 Å². The molecule has 0 radical (unpaired) electrons. The third kappa shape index (κ3) is 4.30. The van der Waals surface area contributed by atoms with Crippen molar-refractivity contribution in [3.8, 4) is 0 Å². The molecule has 5 heteroatoms. The molecule has 0 saturated heterocycles. The third-order valence-electron chi connectivity index (χ3n) is 5.23. The highest BCUT2D eigenvalue weighted by Crippen LogP contribution is 2.31. The van der Waals surface area contributed by atoms with Crippen LogP contribution in [0.4, 0.5) is 5.69 Å². The first-order chi connectivity index (χ1) is 14.6.